The highest BCUT2D eigenvalue weighted by molar-refractivity contribution is 5.78. The van der Waals surface area contributed by atoms with E-state index in [1.165, 1.54) is 0 Å². The molecule has 4 amide bonds. The first-order chi connectivity index (χ1) is 17.4. The fraction of sp³-hybridized carbons (Fsp3) is 0.840. The van der Waals surface area contributed by atoms with E-state index in [9.17, 15) is 19.2 Å². The van der Waals surface area contributed by atoms with Gasteiger partial charge >= 0.3 is 0 Å². The van der Waals surface area contributed by atoms with Crippen molar-refractivity contribution < 1.29 is 19.2 Å². The van der Waals surface area contributed by atoms with Gasteiger partial charge in [0.15, 0.2) is 0 Å². The number of carbonyl (C=O) groups is 4. The standard InChI is InChI=1S/C25H50N8O4/c1-26-22(34)18-30-10-8-11-32(20-24(36)28(4)5)16-17-33(21-25(37)29(6)7)13-9-12-31(15-14-30)19-23(35)27(2)3/h8-21H2,1-7H3,(H,26,34). The second-order valence-electron chi connectivity index (χ2n) is 10.3. The molecule has 0 aromatic rings. The predicted molar refractivity (Wildman–Crippen MR) is 145 cm³/mol. The van der Waals surface area contributed by atoms with Crippen molar-refractivity contribution in [1.82, 2.24) is 39.6 Å². The first-order valence-electron chi connectivity index (χ1n) is 13.1. The van der Waals surface area contributed by atoms with Crippen LogP contribution in [0.1, 0.15) is 12.8 Å². The fourth-order valence-corrected chi connectivity index (χ4v) is 3.96. The molecule has 0 spiro atoms. The van der Waals surface area contributed by atoms with Crippen LogP contribution in [0.4, 0.5) is 0 Å². The summed E-state index contributed by atoms with van der Waals surface area (Å²) in [5, 5.41) is 2.70. The topological polar surface area (TPSA) is 103 Å². The van der Waals surface area contributed by atoms with Gasteiger partial charge in [-0.1, -0.05) is 0 Å². The molecule has 0 bridgehead atoms. The van der Waals surface area contributed by atoms with Crippen LogP contribution in [0.2, 0.25) is 0 Å². The van der Waals surface area contributed by atoms with E-state index in [-0.39, 0.29) is 23.6 Å². The summed E-state index contributed by atoms with van der Waals surface area (Å²) >= 11 is 0. The van der Waals surface area contributed by atoms with Gasteiger partial charge in [-0.3, -0.25) is 38.8 Å². The van der Waals surface area contributed by atoms with Gasteiger partial charge in [0.05, 0.1) is 26.2 Å². The molecule has 1 aliphatic rings. The van der Waals surface area contributed by atoms with Gasteiger partial charge in [0.1, 0.15) is 0 Å². The molecule has 0 unspecified atom stereocenters. The molecular weight excluding hydrogens is 476 g/mol. The Hall–Kier alpha value is -2.28. The minimum atomic E-state index is -0.0436. The zero-order valence-electron chi connectivity index (χ0n) is 24.2. The smallest absolute Gasteiger partial charge is 0.236 e. The van der Waals surface area contributed by atoms with E-state index < -0.39 is 0 Å². The number of nitrogens with zero attached hydrogens (tertiary/aromatic N) is 7. The van der Waals surface area contributed by atoms with E-state index in [1.807, 2.05) is 0 Å². The van der Waals surface area contributed by atoms with Gasteiger partial charge in [-0.25, -0.2) is 0 Å². The summed E-state index contributed by atoms with van der Waals surface area (Å²) in [6, 6.07) is 0. The maximum Gasteiger partial charge on any atom is 0.236 e. The Kier molecular flexibility index (Phi) is 15.3. The third kappa shape index (κ3) is 13.7. The quantitative estimate of drug-likeness (QED) is 0.388. The van der Waals surface area contributed by atoms with Gasteiger partial charge in [-0.2, -0.15) is 0 Å². The summed E-state index contributed by atoms with van der Waals surface area (Å²) in [5.74, 6) is 0.0830. The minimum absolute atomic E-state index is 0.0415. The van der Waals surface area contributed by atoms with Crippen LogP contribution in [0.15, 0.2) is 0 Å². The number of nitrogens with one attached hydrogen (secondary N) is 1. The molecule has 0 radical (unpaired) electrons. The lowest BCUT2D eigenvalue weighted by molar-refractivity contribution is -0.131. The largest absolute Gasteiger partial charge is 0.358 e. The number of rotatable bonds is 8. The molecule has 214 valence electrons. The predicted octanol–water partition coefficient (Wildman–Crippen LogP) is -2.00. The van der Waals surface area contributed by atoms with Crippen molar-refractivity contribution in [2.75, 3.05) is 128 Å². The molecule has 1 rings (SSSR count). The normalized spacial score (nSPS) is 18.0. The number of amides is 4. The van der Waals surface area contributed by atoms with Gasteiger partial charge in [0.2, 0.25) is 23.6 Å². The van der Waals surface area contributed by atoms with E-state index in [0.717, 1.165) is 12.8 Å². The summed E-state index contributed by atoms with van der Waals surface area (Å²) in [4.78, 5) is 62.9. The molecule has 0 atom stereocenters. The average molecular weight is 527 g/mol. The first-order valence-corrected chi connectivity index (χ1v) is 13.1. The van der Waals surface area contributed by atoms with Gasteiger partial charge < -0.3 is 20.0 Å². The molecule has 0 aromatic carbocycles. The van der Waals surface area contributed by atoms with Crippen LogP contribution in [0.3, 0.4) is 0 Å². The van der Waals surface area contributed by atoms with Crippen molar-refractivity contribution >= 4 is 23.6 Å². The highest BCUT2D eigenvalue weighted by atomic mass is 16.2. The minimum Gasteiger partial charge on any atom is -0.358 e. The molecule has 1 fully saturated rings. The molecular formula is C25H50N8O4. The van der Waals surface area contributed by atoms with Crippen LogP contribution in [0.5, 0.6) is 0 Å². The Morgan fingerprint density at radius 2 is 0.784 bits per heavy atom. The molecule has 0 aliphatic carbocycles. The van der Waals surface area contributed by atoms with E-state index in [1.54, 1.807) is 64.0 Å². The summed E-state index contributed by atoms with van der Waals surface area (Å²) in [5.41, 5.74) is 0. The molecule has 1 heterocycles. The lowest BCUT2D eigenvalue weighted by Gasteiger charge is -2.32. The van der Waals surface area contributed by atoms with Crippen LogP contribution < -0.4 is 5.32 Å². The fourth-order valence-electron chi connectivity index (χ4n) is 3.96. The Balaban J connectivity index is 3.06. The van der Waals surface area contributed by atoms with Gasteiger partial charge in [0, 0.05) is 75.5 Å². The summed E-state index contributed by atoms with van der Waals surface area (Å²) in [6.45, 7) is 6.74. The summed E-state index contributed by atoms with van der Waals surface area (Å²) in [6.07, 6.45) is 1.60. The highest BCUT2D eigenvalue weighted by Gasteiger charge is 2.20. The third-order valence-electron chi connectivity index (χ3n) is 6.58. The van der Waals surface area contributed by atoms with Crippen LogP contribution >= 0.6 is 0 Å². The first kappa shape index (κ1) is 32.7. The molecule has 1 N–H and O–H groups in total. The van der Waals surface area contributed by atoms with Crippen molar-refractivity contribution in [3.05, 3.63) is 0 Å². The molecule has 0 aromatic heterocycles. The van der Waals surface area contributed by atoms with Gasteiger partial charge in [0.25, 0.3) is 0 Å². The van der Waals surface area contributed by atoms with Crippen molar-refractivity contribution in [2.24, 2.45) is 0 Å². The lowest BCUT2D eigenvalue weighted by atomic mass is 10.2. The second-order valence-corrected chi connectivity index (χ2v) is 10.3. The van der Waals surface area contributed by atoms with Crippen molar-refractivity contribution in [2.45, 2.75) is 12.8 Å². The highest BCUT2D eigenvalue weighted by Crippen LogP contribution is 2.04. The van der Waals surface area contributed by atoms with E-state index in [4.69, 9.17) is 0 Å². The van der Waals surface area contributed by atoms with Crippen LogP contribution in [-0.4, -0.2) is 186 Å². The van der Waals surface area contributed by atoms with Crippen LogP contribution in [0, 0.1) is 0 Å². The molecule has 37 heavy (non-hydrogen) atoms. The van der Waals surface area contributed by atoms with Crippen molar-refractivity contribution in [3.8, 4) is 0 Å². The Morgan fingerprint density at radius 3 is 1.03 bits per heavy atom. The van der Waals surface area contributed by atoms with Gasteiger partial charge in [-0.05, 0) is 39.0 Å². The van der Waals surface area contributed by atoms with Crippen molar-refractivity contribution in [1.29, 1.82) is 0 Å². The maximum atomic E-state index is 12.5. The molecule has 12 nitrogen and oxygen atoms in total. The lowest BCUT2D eigenvalue weighted by Crippen LogP contribution is -2.47. The SMILES string of the molecule is CNC(=O)CN1CCCN(CC(=O)N(C)C)CCN(CC(=O)N(C)C)CCCN(CC(=O)N(C)C)CC1. The molecule has 0 saturated carbocycles. The van der Waals surface area contributed by atoms with E-state index in [0.29, 0.717) is 78.5 Å². The molecule has 1 aliphatic heterocycles. The third-order valence-corrected chi connectivity index (χ3v) is 6.58. The van der Waals surface area contributed by atoms with E-state index >= 15 is 0 Å². The molecule has 12 heteroatoms. The average Bonchev–Trinajstić information content (AvgIpc) is 2.83. The second kappa shape index (κ2) is 17.3. The van der Waals surface area contributed by atoms with Crippen LogP contribution in [-0.2, 0) is 19.2 Å². The Labute approximate surface area is 223 Å². The monoisotopic (exact) mass is 526 g/mol. The Bertz CT molecular complexity index is 731. The Morgan fingerprint density at radius 1 is 0.514 bits per heavy atom. The maximum absolute atomic E-state index is 12.5. The zero-order chi connectivity index (χ0) is 28.0. The van der Waals surface area contributed by atoms with Gasteiger partial charge in [-0.15, -0.1) is 0 Å². The van der Waals surface area contributed by atoms with E-state index in [2.05, 4.69) is 24.9 Å². The summed E-state index contributed by atoms with van der Waals surface area (Å²) in [7, 11) is 12.2. The zero-order valence-corrected chi connectivity index (χ0v) is 24.2. The number of hydrogen-bond donors (Lipinski definition) is 1. The van der Waals surface area contributed by atoms with Crippen LogP contribution in [0.25, 0.3) is 0 Å². The number of hydrogen-bond acceptors (Lipinski definition) is 8. The number of likely N-dealkylation sites (N-methyl/N-ethyl adjacent to an activating group) is 4. The molecule has 1 saturated heterocycles. The summed E-state index contributed by atoms with van der Waals surface area (Å²) < 4.78 is 0. The van der Waals surface area contributed by atoms with Crippen molar-refractivity contribution in [3.63, 3.8) is 0 Å². The number of carbonyl (C=O) groups excluding carboxylic acids is 4.